The van der Waals surface area contributed by atoms with Crippen molar-refractivity contribution in [2.75, 3.05) is 31.1 Å². The fourth-order valence-corrected chi connectivity index (χ4v) is 4.77. The van der Waals surface area contributed by atoms with Gasteiger partial charge in [0.2, 0.25) is 10.0 Å². The monoisotopic (exact) mass is 450 g/mol. The minimum atomic E-state index is -3.41. The highest BCUT2D eigenvalue weighted by Crippen LogP contribution is 2.20. The smallest absolute Gasteiger partial charge is 0.236 e. The van der Waals surface area contributed by atoms with Crippen molar-refractivity contribution in [2.24, 2.45) is 0 Å². The van der Waals surface area contributed by atoms with Crippen LogP contribution in [0.5, 0.6) is 0 Å². The van der Waals surface area contributed by atoms with Crippen molar-refractivity contribution in [3.63, 3.8) is 0 Å². The Bertz CT molecular complexity index is 1110. The van der Waals surface area contributed by atoms with E-state index in [0.29, 0.717) is 32.6 Å². The van der Waals surface area contributed by atoms with E-state index in [4.69, 9.17) is 0 Å². The molecular formula is C23H26N6O2S. The van der Waals surface area contributed by atoms with Gasteiger partial charge in [0.25, 0.3) is 0 Å². The summed E-state index contributed by atoms with van der Waals surface area (Å²) in [6, 6.07) is 11.5. The number of pyridine rings is 2. The van der Waals surface area contributed by atoms with Crippen LogP contribution in [0.2, 0.25) is 0 Å². The van der Waals surface area contributed by atoms with Crippen LogP contribution in [0.15, 0.2) is 72.7 Å². The van der Waals surface area contributed by atoms with Crippen LogP contribution in [-0.2, 0) is 16.4 Å². The molecule has 1 aliphatic heterocycles. The van der Waals surface area contributed by atoms with Crippen LogP contribution in [0, 0.1) is 0 Å². The second kappa shape index (κ2) is 10.4. The van der Waals surface area contributed by atoms with Crippen molar-refractivity contribution >= 4 is 15.8 Å². The standard InChI is InChI=1S/C23H26N6O2S/c30-32(31,18-5-1-2-8-22-25-12-6-13-26-22)29-16-14-28(15-17-29)23-10-9-20(19-27-23)21-7-3-4-11-24-21/h3-7,9-13,18-19H,1-2,8,14-17H2/b18-5+. The quantitative estimate of drug-likeness (QED) is 0.487. The molecule has 0 amide bonds. The maximum absolute atomic E-state index is 12.6. The Morgan fingerprint density at radius 2 is 1.66 bits per heavy atom. The Balaban J connectivity index is 1.26. The molecule has 3 aromatic rings. The van der Waals surface area contributed by atoms with E-state index >= 15 is 0 Å². The van der Waals surface area contributed by atoms with E-state index in [1.807, 2.05) is 36.5 Å². The molecule has 0 bridgehead atoms. The zero-order chi connectivity index (χ0) is 22.2. The topological polar surface area (TPSA) is 92.2 Å². The highest BCUT2D eigenvalue weighted by atomic mass is 32.2. The number of nitrogens with zero attached hydrogens (tertiary/aromatic N) is 6. The van der Waals surface area contributed by atoms with Crippen LogP contribution in [0.25, 0.3) is 11.3 Å². The first kappa shape index (κ1) is 22.0. The van der Waals surface area contributed by atoms with Crippen LogP contribution >= 0.6 is 0 Å². The first-order valence-electron chi connectivity index (χ1n) is 10.7. The van der Waals surface area contributed by atoms with Crippen LogP contribution in [0.4, 0.5) is 5.82 Å². The Morgan fingerprint density at radius 1 is 0.875 bits per heavy atom. The Kier molecular flexibility index (Phi) is 7.18. The molecule has 1 aliphatic rings. The fraction of sp³-hybridized carbons (Fsp3) is 0.304. The number of rotatable bonds is 8. The Morgan fingerprint density at radius 3 is 2.34 bits per heavy atom. The molecule has 166 valence electrons. The SMILES string of the molecule is O=S(=O)(/C=C/CCCc1ncccn1)N1CCN(c2ccc(-c3ccccn3)cn2)CC1. The first-order chi connectivity index (χ1) is 15.6. The molecule has 4 rings (SSSR count). The summed E-state index contributed by atoms with van der Waals surface area (Å²) in [5, 5.41) is 1.33. The lowest BCUT2D eigenvalue weighted by atomic mass is 10.2. The predicted octanol–water partition coefficient (Wildman–Crippen LogP) is 2.92. The van der Waals surface area contributed by atoms with Gasteiger partial charge in [-0.15, -0.1) is 0 Å². The summed E-state index contributed by atoms with van der Waals surface area (Å²) in [4.78, 5) is 19.4. The van der Waals surface area contributed by atoms with Crippen molar-refractivity contribution in [1.82, 2.24) is 24.2 Å². The number of unbranched alkanes of at least 4 members (excludes halogenated alkanes) is 1. The molecule has 0 saturated carbocycles. The lowest BCUT2D eigenvalue weighted by Gasteiger charge is -2.34. The van der Waals surface area contributed by atoms with Crippen LogP contribution in [0.1, 0.15) is 18.7 Å². The first-order valence-corrected chi connectivity index (χ1v) is 12.2. The van der Waals surface area contributed by atoms with Gasteiger partial charge >= 0.3 is 0 Å². The molecule has 3 aromatic heterocycles. The number of hydrogen-bond donors (Lipinski definition) is 0. The van der Waals surface area contributed by atoms with E-state index < -0.39 is 10.0 Å². The normalized spacial score (nSPS) is 15.3. The average Bonchev–Trinajstić information content (AvgIpc) is 2.85. The van der Waals surface area contributed by atoms with Gasteiger partial charge in [0.05, 0.1) is 5.69 Å². The van der Waals surface area contributed by atoms with Gasteiger partial charge in [0.1, 0.15) is 11.6 Å². The number of hydrogen-bond acceptors (Lipinski definition) is 7. The minimum absolute atomic E-state index is 0.439. The summed E-state index contributed by atoms with van der Waals surface area (Å²) in [6.45, 7) is 2.09. The zero-order valence-electron chi connectivity index (χ0n) is 17.8. The van der Waals surface area contributed by atoms with Gasteiger partial charge < -0.3 is 4.90 Å². The molecular weight excluding hydrogens is 424 g/mol. The summed E-state index contributed by atoms with van der Waals surface area (Å²) in [7, 11) is -3.41. The lowest BCUT2D eigenvalue weighted by molar-refractivity contribution is 0.388. The molecule has 1 fully saturated rings. The van der Waals surface area contributed by atoms with Gasteiger partial charge in [-0.25, -0.2) is 23.4 Å². The van der Waals surface area contributed by atoms with Gasteiger partial charge in [-0.2, -0.15) is 4.31 Å². The highest BCUT2D eigenvalue weighted by Gasteiger charge is 2.25. The van der Waals surface area contributed by atoms with Crippen LogP contribution in [0.3, 0.4) is 0 Å². The minimum Gasteiger partial charge on any atom is -0.354 e. The maximum Gasteiger partial charge on any atom is 0.236 e. The van der Waals surface area contributed by atoms with Gasteiger partial charge in [-0.3, -0.25) is 4.98 Å². The van der Waals surface area contributed by atoms with Gasteiger partial charge in [-0.05, 0) is 43.2 Å². The average molecular weight is 451 g/mol. The summed E-state index contributed by atoms with van der Waals surface area (Å²) < 4.78 is 26.8. The van der Waals surface area contributed by atoms with Crippen molar-refractivity contribution < 1.29 is 8.42 Å². The third-order valence-electron chi connectivity index (χ3n) is 5.29. The second-order valence-electron chi connectivity index (χ2n) is 7.48. The molecule has 0 aliphatic carbocycles. The molecule has 0 spiro atoms. The van der Waals surface area contributed by atoms with Gasteiger partial charge in [0, 0.05) is 68.4 Å². The molecule has 0 atom stereocenters. The largest absolute Gasteiger partial charge is 0.354 e. The predicted molar refractivity (Wildman–Crippen MR) is 124 cm³/mol. The van der Waals surface area contributed by atoms with E-state index in [1.54, 1.807) is 30.7 Å². The number of aromatic nitrogens is 4. The highest BCUT2D eigenvalue weighted by molar-refractivity contribution is 7.92. The fourth-order valence-electron chi connectivity index (χ4n) is 3.54. The van der Waals surface area contributed by atoms with Crippen molar-refractivity contribution in [1.29, 1.82) is 0 Å². The lowest BCUT2D eigenvalue weighted by Crippen LogP contribution is -2.48. The number of aryl methyl sites for hydroxylation is 1. The molecule has 0 radical (unpaired) electrons. The third-order valence-corrected chi connectivity index (χ3v) is 6.91. The number of allylic oxidation sites excluding steroid dienone is 1. The molecule has 0 N–H and O–H groups in total. The molecule has 4 heterocycles. The van der Waals surface area contributed by atoms with Crippen LogP contribution in [-0.4, -0.2) is 58.8 Å². The number of anilines is 1. The zero-order valence-corrected chi connectivity index (χ0v) is 18.6. The summed E-state index contributed by atoms with van der Waals surface area (Å²) in [5.74, 6) is 1.63. The second-order valence-corrected chi connectivity index (χ2v) is 9.30. The maximum atomic E-state index is 12.6. The molecule has 8 nitrogen and oxygen atoms in total. The molecule has 32 heavy (non-hydrogen) atoms. The van der Waals surface area contributed by atoms with Crippen molar-refractivity contribution in [2.45, 2.75) is 19.3 Å². The van der Waals surface area contributed by atoms with Gasteiger partial charge in [0.15, 0.2) is 0 Å². The molecule has 0 unspecified atom stereocenters. The van der Waals surface area contributed by atoms with E-state index in [0.717, 1.165) is 35.7 Å². The Labute approximate surface area is 188 Å². The van der Waals surface area contributed by atoms with Crippen molar-refractivity contribution in [3.05, 3.63) is 78.5 Å². The third kappa shape index (κ3) is 5.74. The number of piperazine rings is 1. The van der Waals surface area contributed by atoms with E-state index in [1.165, 1.54) is 9.71 Å². The number of sulfonamides is 1. The van der Waals surface area contributed by atoms with Gasteiger partial charge in [-0.1, -0.05) is 12.1 Å². The summed E-state index contributed by atoms with van der Waals surface area (Å²) in [5.41, 5.74) is 1.84. The van der Waals surface area contributed by atoms with Crippen LogP contribution < -0.4 is 4.90 Å². The molecule has 0 aromatic carbocycles. The van der Waals surface area contributed by atoms with Crippen molar-refractivity contribution in [3.8, 4) is 11.3 Å². The van der Waals surface area contributed by atoms with E-state index in [9.17, 15) is 8.42 Å². The molecule has 1 saturated heterocycles. The summed E-state index contributed by atoms with van der Waals surface area (Å²) in [6.07, 6.45) is 10.9. The van der Waals surface area contributed by atoms with E-state index in [2.05, 4.69) is 24.8 Å². The van der Waals surface area contributed by atoms with E-state index in [-0.39, 0.29) is 0 Å². The Hall–Kier alpha value is -3.17. The molecule has 9 heteroatoms. The summed E-state index contributed by atoms with van der Waals surface area (Å²) >= 11 is 0.